The summed E-state index contributed by atoms with van der Waals surface area (Å²) in [6, 6.07) is 13.4. The fourth-order valence-electron chi connectivity index (χ4n) is 4.57. The Balaban J connectivity index is 1.62. The van der Waals surface area contributed by atoms with E-state index >= 15 is 0 Å². The van der Waals surface area contributed by atoms with E-state index in [0.717, 1.165) is 33.8 Å². The lowest BCUT2D eigenvalue weighted by molar-refractivity contribution is -0.123. The third-order valence-corrected chi connectivity index (χ3v) is 8.43. The van der Waals surface area contributed by atoms with Gasteiger partial charge in [-0.3, -0.25) is 19.5 Å². The molecule has 1 atom stereocenters. The van der Waals surface area contributed by atoms with Crippen LogP contribution in [-0.4, -0.2) is 46.0 Å². The van der Waals surface area contributed by atoms with Crippen LogP contribution in [0.15, 0.2) is 65.6 Å². The second kappa shape index (κ2) is 11.2. The fourth-order valence-corrected chi connectivity index (χ4v) is 6.53. The van der Waals surface area contributed by atoms with Crippen LogP contribution >= 0.6 is 23.1 Å². The maximum atomic E-state index is 13.7. The van der Waals surface area contributed by atoms with E-state index in [1.54, 1.807) is 47.5 Å². The summed E-state index contributed by atoms with van der Waals surface area (Å²) in [6.45, 7) is 6.59. The maximum Gasteiger partial charge on any atom is 0.240 e. The van der Waals surface area contributed by atoms with Crippen LogP contribution in [0.25, 0.3) is 5.69 Å². The van der Waals surface area contributed by atoms with Gasteiger partial charge in [-0.05, 0) is 58.3 Å². The molecule has 4 heterocycles. The molecule has 4 aromatic rings. The van der Waals surface area contributed by atoms with Crippen molar-refractivity contribution in [2.24, 2.45) is 0 Å². The van der Waals surface area contributed by atoms with Gasteiger partial charge in [0.2, 0.25) is 11.8 Å². The van der Waals surface area contributed by atoms with Gasteiger partial charge in [-0.15, -0.1) is 11.8 Å². The van der Waals surface area contributed by atoms with Crippen LogP contribution in [0.1, 0.15) is 48.4 Å². The average molecular weight is 562 g/mol. The molecule has 10 heteroatoms. The zero-order chi connectivity index (χ0) is 27.6. The molecule has 0 radical (unpaired) electrons. The van der Waals surface area contributed by atoms with Crippen LogP contribution in [0.3, 0.4) is 0 Å². The van der Waals surface area contributed by atoms with Crippen molar-refractivity contribution in [3.8, 4) is 11.4 Å². The standard InChI is InChI=1S/C29H31N5O3S2/c1-29(2,3)27-25-26(20-11-13-38-17-20)39-18-24(36)33(16-23(35)31-15-19-6-5-12-30-14-19)28(25)34(32-27)21-7-9-22(37-4)10-8-21/h5-14,17,26H,15-16,18H2,1-4H3,(H,31,35)/t26-/m1/s1. The predicted molar refractivity (Wildman–Crippen MR) is 156 cm³/mol. The number of hydrogen-bond acceptors (Lipinski definition) is 7. The normalized spacial score (nSPS) is 15.5. The predicted octanol–water partition coefficient (Wildman–Crippen LogP) is 5.12. The molecule has 1 N–H and O–H groups in total. The summed E-state index contributed by atoms with van der Waals surface area (Å²) in [5.74, 6) is 1.22. The first-order chi connectivity index (χ1) is 18.8. The van der Waals surface area contributed by atoms with Crippen molar-refractivity contribution in [1.82, 2.24) is 20.1 Å². The third kappa shape index (κ3) is 5.72. The number of rotatable bonds is 7. The smallest absolute Gasteiger partial charge is 0.240 e. The van der Waals surface area contributed by atoms with Crippen molar-refractivity contribution in [2.45, 2.75) is 38.0 Å². The zero-order valence-electron chi connectivity index (χ0n) is 22.4. The van der Waals surface area contributed by atoms with Crippen LogP contribution in [0.4, 0.5) is 5.82 Å². The number of nitrogens with zero attached hydrogens (tertiary/aromatic N) is 4. The molecule has 3 aromatic heterocycles. The van der Waals surface area contributed by atoms with Gasteiger partial charge in [0.15, 0.2) is 0 Å². The topological polar surface area (TPSA) is 89.3 Å². The summed E-state index contributed by atoms with van der Waals surface area (Å²) in [4.78, 5) is 32.6. The molecule has 0 spiro atoms. The molecule has 0 saturated carbocycles. The van der Waals surface area contributed by atoms with Gasteiger partial charge in [0.05, 0.1) is 29.5 Å². The second-order valence-electron chi connectivity index (χ2n) is 10.3. The molecule has 0 aliphatic carbocycles. The van der Waals surface area contributed by atoms with Crippen molar-refractivity contribution in [3.63, 3.8) is 0 Å². The lowest BCUT2D eigenvalue weighted by Crippen LogP contribution is -2.42. The number of fused-ring (bicyclic) bond motifs is 1. The Morgan fingerprint density at radius 1 is 1.18 bits per heavy atom. The lowest BCUT2D eigenvalue weighted by Gasteiger charge is -2.24. The number of hydrogen-bond donors (Lipinski definition) is 1. The molecule has 1 aromatic carbocycles. The molecule has 8 nitrogen and oxygen atoms in total. The number of carbonyl (C=O) groups excluding carboxylic acids is 2. The number of carbonyl (C=O) groups is 2. The Bertz CT molecular complexity index is 1440. The van der Waals surface area contributed by atoms with Crippen LogP contribution in [0.5, 0.6) is 5.75 Å². The number of pyridine rings is 1. The quantitative estimate of drug-likeness (QED) is 0.337. The minimum absolute atomic E-state index is 0.0973. The van der Waals surface area contributed by atoms with Gasteiger partial charge >= 0.3 is 0 Å². The number of ether oxygens (including phenoxy) is 1. The zero-order valence-corrected chi connectivity index (χ0v) is 24.0. The Kier molecular flexibility index (Phi) is 7.76. The number of methoxy groups -OCH3 is 1. The van der Waals surface area contributed by atoms with Crippen molar-refractivity contribution >= 4 is 40.7 Å². The molecule has 39 heavy (non-hydrogen) atoms. The summed E-state index contributed by atoms with van der Waals surface area (Å²) >= 11 is 3.21. The molecule has 5 rings (SSSR count). The van der Waals surface area contributed by atoms with E-state index < -0.39 is 0 Å². The van der Waals surface area contributed by atoms with Gasteiger partial charge in [-0.1, -0.05) is 26.8 Å². The third-order valence-electron chi connectivity index (χ3n) is 6.48. The van der Waals surface area contributed by atoms with Crippen molar-refractivity contribution in [2.75, 3.05) is 24.3 Å². The van der Waals surface area contributed by atoms with E-state index in [0.29, 0.717) is 12.4 Å². The number of anilines is 1. The number of thioether (sulfide) groups is 1. The van der Waals surface area contributed by atoms with E-state index in [-0.39, 0.29) is 34.8 Å². The van der Waals surface area contributed by atoms with Gasteiger partial charge in [0.1, 0.15) is 18.1 Å². The highest BCUT2D eigenvalue weighted by atomic mass is 32.2. The molecule has 0 fully saturated rings. The SMILES string of the molecule is COc1ccc(-n2nc(C(C)(C)C)c3c2N(CC(=O)NCc2cccnc2)C(=O)CS[C@@H]3c2ccsc2)cc1. The first-order valence-corrected chi connectivity index (χ1v) is 14.6. The first-order valence-electron chi connectivity index (χ1n) is 12.6. The van der Waals surface area contributed by atoms with Crippen LogP contribution < -0.4 is 15.0 Å². The van der Waals surface area contributed by atoms with Gasteiger partial charge in [-0.2, -0.15) is 16.4 Å². The Hall–Kier alpha value is -3.63. The highest BCUT2D eigenvalue weighted by molar-refractivity contribution is 8.00. The number of benzene rings is 1. The second-order valence-corrected chi connectivity index (χ2v) is 12.2. The lowest BCUT2D eigenvalue weighted by atomic mass is 9.87. The highest BCUT2D eigenvalue weighted by Gasteiger charge is 2.40. The average Bonchev–Trinajstić information content (AvgIpc) is 3.58. The summed E-state index contributed by atoms with van der Waals surface area (Å²) in [6.07, 6.45) is 3.41. The highest BCUT2D eigenvalue weighted by Crippen LogP contribution is 2.48. The van der Waals surface area contributed by atoms with Crippen molar-refractivity contribution < 1.29 is 14.3 Å². The molecule has 1 aliphatic rings. The Labute approximate surface area is 236 Å². The van der Waals surface area contributed by atoms with Crippen LogP contribution in [-0.2, 0) is 21.5 Å². The first kappa shape index (κ1) is 27.0. The molecular formula is C29H31N5O3S2. The van der Waals surface area contributed by atoms with Crippen LogP contribution in [0.2, 0.25) is 0 Å². The molecular weight excluding hydrogens is 530 g/mol. The largest absolute Gasteiger partial charge is 0.497 e. The molecule has 0 saturated heterocycles. The minimum atomic E-state index is -0.307. The van der Waals surface area contributed by atoms with E-state index in [2.05, 4.69) is 47.9 Å². The van der Waals surface area contributed by atoms with E-state index in [4.69, 9.17) is 9.84 Å². The van der Waals surface area contributed by atoms with E-state index in [9.17, 15) is 9.59 Å². The number of nitrogens with one attached hydrogen (secondary N) is 1. The molecule has 202 valence electrons. The number of amides is 2. The van der Waals surface area contributed by atoms with Crippen LogP contribution in [0, 0.1) is 0 Å². The summed E-state index contributed by atoms with van der Waals surface area (Å²) in [5.41, 5.74) is 4.35. The number of thiophene rings is 1. The number of aromatic nitrogens is 3. The monoisotopic (exact) mass is 561 g/mol. The molecule has 0 bridgehead atoms. The fraction of sp³-hybridized carbons (Fsp3) is 0.310. The molecule has 1 aliphatic heterocycles. The maximum absolute atomic E-state index is 13.7. The van der Waals surface area contributed by atoms with Crippen molar-refractivity contribution in [3.05, 3.63) is 88.0 Å². The summed E-state index contributed by atoms with van der Waals surface area (Å²) < 4.78 is 7.18. The van der Waals surface area contributed by atoms with Gasteiger partial charge in [0.25, 0.3) is 0 Å². The minimum Gasteiger partial charge on any atom is -0.497 e. The van der Waals surface area contributed by atoms with Gasteiger partial charge in [0, 0.05) is 29.9 Å². The molecule has 0 unspecified atom stereocenters. The Morgan fingerprint density at radius 2 is 1.97 bits per heavy atom. The van der Waals surface area contributed by atoms with E-state index in [1.165, 1.54) is 0 Å². The summed E-state index contributed by atoms with van der Waals surface area (Å²) in [5, 5.41) is 12.1. The van der Waals surface area contributed by atoms with Crippen molar-refractivity contribution in [1.29, 1.82) is 0 Å². The van der Waals surface area contributed by atoms with Gasteiger partial charge < -0.3 is 10.1 Å². The summed E-state index contributed by atoms with van der Waals surface area (Å²) in [7, 11) is 1.62. The molecule has 2 amide bonds. The van der Waals surface area contributed by atoms with E-state index in [1.807, 2.05) is 41.1 Å². The Morgan fingerprint density at radius 3 is 2.62 bits per heavy atom. The van der Waals surface area contributed by atoms with Gasteiger partial charge in [-0.25, -0.2) is 4.68 Å².